The SMILES string of the molecule is CCCNC(=O)C(C)N[C@H](C)c1cccs1. The second-order valence-electron chi connectivity index (χ2n) is 3.92. The Kier molecular flexibility index (Phi) is 5.49. The minimum Gasteiger partial charge on any atom is -0.355 e. The molecule has 0 aromatic carbocycles. The summed E-state index contributed by atoms with van der Waals surface area (Å²) in [6.45, 7) is 6.77. The summed E-state index contributed by atoms with van der Waals surface area (Å²) in [4.78, 5) is 12.9. The van der Waals surface area contributed by atoms with Crippen LogP contribution >= 0.6 is 11.3 Å². The molecule has 90 valence electrons. The van der Waals surface area contributed by atoms with E-state index in [4.69, 9.17) is 0 Å². The van der Waals surface area contributed by atoms with Crippen molar-refractivity contribution in [3.63, 3.8) is 0 Å². The van der Waals surface area contributed by atoms with E-state index < -0.39 is 0 Å². The maximum atomic E-state index is 11.6. The van der Waals surface area contributed by atoms with Gasteiger partial charge in [0.05, 0.1) is 6.04 Å². The van der Waals surface area contributed by atoms with E-state index in [0.717, 1.165) is 13.0 Å². The standard InChI is InChI=1S/C12H20N2OS/c1-4-7-13-12(15)10(3)14-9(2)11-6-5-8-16-11/h5-6,8-10,14H,4,7H2,1-3H3,(H,13,15)/t9-,10?/m1/s1. The highest BCUT2D eigenvalue weighted by Gasteiger charge is 2.15. The van der Waals surface area contributed by atoms with Crippen molar-refractivity contribution in [2.45, 2.75) is 39.3 Å². The lowest BCUT2D eigenvalue weighted by Crippen LogP contribution is -2.43. The zero-order chi connectivity index (χ0) is 12.0. The highest BCUT2D eigenvalue weighted by molar-refractivity contribution is 7.10. The van der Waals surface area contributed by atoms with Gasteiger partial charge in [0, 0.05) is 17.5 Å². The molecule has 1 amide bonds. The summed E-state index contributed by atoms with van der Waals surface area (Å²) in [5.74, 6) is 0.0743. The molecule has 2 atom stereocenters. The van der Waals surface area contributed by atoms with Gasteiger partial charge in [-0.05, 0) is 31.7 Å². The molecule has 0 spiro atoms. The Morgan fingerprint density at radius 2 is 2.25 bits per heavy atom. The van der Waals surface area contributed by atoms with Gasteiger partial charge in [-0.25, -0.2) is 0 Å². The highest BCUT2D eigenvalue weighted by Crippen LogP contribution is 2.18. The Morgan fingerprint density at radius 3 is 2.81 bits per heavy atom. The number of hydrogen-bond acceptors (Lipinski definition) is 3. The summed E-state index contributed by atoms with van der Waals surface area (Å²) < 4.78 is 0. The zero-order valence-electron chi connectivity index (χ0n) is 10.1. The van der Waals surface area contributed by atoms with E-state index in [1.54, 1.807) is 11.3 Å². The molecule has 2 N–H and O–H groups in total. The average molecular weight is 240 g/mol. The van der Waals surface area contributed by atoms with Crippen LogP contribution < -0.4 is 10.6 Å². The molecule has 4 heteroatoms. The first-order valence-electron chi connectivity index (χ1n) is 5.72. The van der Waals surface area contributed by atoms with Crippen molar-refractivity contribution in [2.24, 2.45) is 0 Å². The lowest BCUT2D eigenvalue weighted by atomic mass is 10.2. The second-order valence-corrected chi connectivity index (χ2v) is 4.90. The van der Waals surface area contributed by atoms with Crippen molar-refractivity contribution in [1.29, 1.82) is 0 Å². The smallest absolute Gasteiger partial charge is 0.236 e. The summed E-state index contributed by atoms with van der Waals surface area (Å²) in [7, 11) is 0. The fraction of sp³-hybridized carbons (Fsp3) is 0.583. The summed E-state index contributed by atoms with van der Waals surface area (Å²) in [5.41, 5.74) is 0. The van der Waals surface area contributed by atoms with Crippen LogP contribution in [0.2, 0.25) is 0 Å². The largest absolute Gasteiger partial charge is 0.355 e. The van der Waals surface area contributed by atoms with E-state index >= 15 is 0 Å². The Hall–Kier alpha value is -0.870. The maximum Gasteiger partial charge on any atom is 0.236 e. The number of carbonyl (C=O) groups excluding carboxylic acids is 1. The third kappa shape index (κ3) is 3.94. The number of nitrogens with one attached hydrogen (secondary N) is 2. The van der Waals surface area contributed by atoms with Gasteiger partial charge in [-0.15, -0.1) is 11.3 Å². The van der Waals surface area contributed by atoms with Gasteiger partial charge in [0.1, 0.15) is 0 Å². The summed E-state index contributed by atoms with van der Waals surface area (Å²) in [5, 5.41) is 8.22. The summed E-state index contributed by atoms with van der Waals surface area (Å²) >= 11 is 1.71. The predicted molar refractivity (Wildman–Crippen MR) is 68.6 cm³/mol. The van der Waals surface area contributed by atoms with Crippen LogP contribution in [0.15, 0.2) is 17.5 Å². The molecule has 0 saturated heterocycles. The zero-order valence-corrected chi connectivity index (χ0v) is 10.9. The number of carbonyl (C=O) groups is 1. The molecule has 1 aromatic rings. The Labute approximate surface area is 101 Å². The molecule has 0 aliphatic heterocycles. The van der Waals surface area contributed by atoms with Gasteiger partial charge in [0.15, 0.2) is 0 Å². The fourth-order valence-corrected chi connectivity index (χ4v) is 2.22. The first-order valence-corrected chi connectivity index (χ1v) is 6.60. The Balaban J connectivity index is 2.38. The number of rotatable bonds is 6. The first kappa shape index (κ1) is 13.2. The van der Waals surface area contributed by atoms with Gasteiger partial charge < -0.3 is 5.32 Å². The van der Waals surface area contributed by atoms with Gasteiger partial charge in [-0.2, -0.15) is 0 Å². The Bertz CT molecular complexity index is 311. The molecule has 0 aliphatic carbocycles. The quantitative estimate of drug-likeness (QED) is 0.801. The van der Waals surface area contributed by atoms with Crippen molar-refractivity contribution in [3.05, 3.63) is 22.4 Å². The molecule has 0 fully saturated rings. The van der Waals surface area contributed by atoms with E-state index in [1.807, 2.05) is 19.9 Å². The monoisotopic (exact) mass is 240 g/mol. The van der Waals surface area contributed by atoms with Crippen LogP contribution in [0, 0.1) is 0 Å². The van der Waals surface area contributed by atoms with Crippen LogP contribution in [-0.4, -0.2) is 18.5 Å². The third-order valence-electron chi connectivity index (χ3n) is 2.41. The number of hydrogen-bond donors (Lipinski definition) is 2. The van der Waals surface area contributed by atoms with E-state index in [-0.39, 0.29) is 18.0 Å². The van der Waals surface area contributed by atoms with Gasteiger partial charge >= 0.3 is 0 Å². The topological polar surface area (TPSA) is 41.1 Å². The molecule has 1 heterocycles. The lowest BCUT2D eigenvalue weighted by Gasteiger charge is -2.18. The van der Waals surface area contributed by atoms with Crippen molar-refractivity contribution in [3.8, 4) is 0 Å². The highest BCUT2D eigenvalue weighted by atomic mass is 32.1. The molecule has 0 bridgehead atoms. The molecule has 1 rings (SSSR count). The number of amides is 1. The molecule has 1 aromatic heterocycles. The molecular weight excluding hydrogens is 220 g/mol. The van der Waals surface area contributed by atoms with E-state index in [1.165, 1.54) is 4.88 Å². The van der Waals surface area contributed by atoms with Crippen LogP contribution in [-0.2, 0) is 4.79 Å². The molecular formula is C12H20N2OS. The Morgan fingerprint density at radius 1 is 1.50 bits per heavy atom. The minimum absolute atomic E-state index is 0.0743. The average Bonchev–Trinajstić information content (AvgIpc) is 2.79. The van der Waals surface area contributed by atoms with Gasteiger partial charge in [0.25, 0.3) is 0 Å². The van der Waals surface area contributed by atoms with E-state index in [2.05, 4.69) is 29.0 Å². The van der Waals surface area contributed by atoms with Gasteiger partial charge in [-0.1, -0.05) is 13.0 Å². The molecule has 0 saturated carbocycles. The summed E-state index contributed by atoms with van der Waals surface area (Å²) in [6.07, 6.45) is 0.971. The normalized spacial score (nSPS) is 14.4. The first-order chi connectivity index (χ1) is 7.65. The van der Waals surface area contributed by atoms with Crippen molar-refractivity contribution in [2.75, 3.05) is 6.54 Å². The predicted octanol–water partition coefficient (Wildman–Crippen LogP) is 2.31. The molecule has 0 radical (unpaired) electrons. The minimum atomic E-state index is -0.149. The van der Waals surface area contributed by atoms with Gasteiger partial charge in [-0.3, -0.25) is 10.1 Å². The molecule has 0 aliphatic rings. The molecule has 3 nitrogen and oxygen atoms in total. The van der Waals surface area contributed by atoms with E-state index in [9.17, 15) is 4.79 Å². The van der Waals surface area contributed by atoms with Crippen molar-refractivity contribution in [1.82, 2.24) is 10.6 Å². The molecule has 1 unspecified atom stereocenters. The van der Waals surface area contributed by atoms with Crippen molar-refractivity contribution >= 4 is 17.2 Å². The van der Waals surface area contributed by atoms with Gasteiger partial charge in [0.2, 0.25) is 5.91 Å². The summed E-state index contributed by atoms with van der Waals surface area (Å²) in [6, 6.07) is 4.19. The fourth-order valence-electron chi connectivity index (χ4n) is 1.47. The third-order valence-corrected chi connectivity index (χ3v) is 3.47. The van der Waals surface area contributed by atoms with Crippen LogP contribution in [0.5, 0.6) is 0 Å². The number of thiophene rings is 1. The van der Waals surface area contributed by atoms with Crippen LogP contribution in [0.25, 0.3) is 0 Å². The second kappa shape index (κ2) is 6.66. The lowest BCUT2D eigenvalue weighted by molar-refractivity contribution is -0.122. The maximum absolute atomic E-state index is 11.6. The van der Waals surface area contributed by atoms with E-state index in [0.29, 0.717) is 0 Å². The van der Waals surface area contributed by atoms with Crippen molar-refractivity contribution < 1.29 is 4.79 Å². The molecule has 16 heavy (non-hydrogen) atoms. The van der Waals surface area contributed by atoms with Crippen LogP contribution in [0.1, 0.15) is 38.1 Å². The van der Waals surface area contributed by atoms with Crippen LogP contribution in [0.3, 0.4) is 0 Å². The van der Waals surface area contributed by atoms with Crippen LogP contribution in [0.4, 0.5) is 0 Å².